The molecule has 0 aromatic carbocycles. The van der Waals surface area contributed by atoms with Gasteiger partial charge in [-0.25, -0.2) is 9.97 Å². The second kappa shape index (κ2) is 3.42. The number of aromatic nitrogens is 2. The number of hydrogen-bond donors (Lipinski definition) is 1. The fraction of sp³-hybridized carbons (Fsp3) is 0.600. The van der Waals surface area contributed by atoms with Gasteiger partial charge in [-0.3, -0.25) is 0 Å². The van der Waals surface area contributed by atoms with E-state index < -0.39 is 5.60 Å². The van der Waals surface area contributed by atoms with Crippen molar-refractivity contribution in [3.63, 3.8) is 0 Å². The summed E-state index contributed by atoms with van der Waals surface area (Å²) in [5.41, 5.74) is 0.0115. The molecule has 3 heteroatoms. The number of hydrogen-bond acceptors (Lipinski definition) is 3. The minimum atomic E-state index is -0.953. The fourth-order valence-corrected chi connectivity index (χ4v) is 0.989. The summed E-state index contributed by atoms with van der Waals surface area (Å²) in [7, 11) is 0. The second-order valence-electron chi connectivity index (χ2n) is 4.02. The highest BCUT2D eigenvalue weighted by molar-refractivity contribution is 5.09. The lowest BCUT2D eigenvalue weighted by molar-refractivity contribution is 0.0684. The summed E-state index contributed by atoms with van der Waals surface area (Å²) >= 11 is 0. The molecule has 1 aromatic heterocycles. The smallest absolute Gasteiger partial charge is 0.159 e. The Balaban J connectivity index is 3.06. The van der Waals surface area contributed by atoms with Gasteiger partial charge in [-0.15, -0.1) is 0 Å². The van der Waals surface area contributed by atoms with Gasteiger partial charge >= 0.3 is 0 Å². The van der Waals surface area contributed by atoms with E-state index >= 15 is 0 Å². The predicted octanol–water partition coefficient (Wildman–Crippen LogP) is 1.83. The van der Waals surface area contributed by atoms with Gasteiger partial charge in [-0.1, -0.05) is 13.8 Å². The average Bonchev–Trinajstić information content (AvgIpc) is 2.03. The van der Waals surface area contributed by atoms with Crippen LogP contribution in [0.15, 0.2) is 12.3 Å². The normalized spacial score (nSPS) is 12.2. The topological polar surface area (TPSA) is 46.0 Å². The van der Waals surface area contributed by atoms with Crippen LogP contribution in [-0.2, 0) is 5.60 Å². The Morgan fingerprint density at radius 1 is 1.38 bits per heavy atom. The summed E-state index contributed by atoms with van der Waals surface area (Å²) in [6.07, 6.45) is 1.69. The van der Waals surface area contributed by atoms with Gasteiger partial charge in [0.1, 0.15) is 5.60 Å². The molecule has 1 heterocycles. The zero-order valence-corrected chi connectivity index (χ0v) is 8.57. The van der Waals surface area contributed by atoms with E-state index in [9.17, 15) is 5.11 Å². The highest BCUT2D eigenvalue weighted by Gasteiger charge is 2.19. The van der Waals surface area contributed by atoms with Crippen LogP contribution < -0.4 is 0 Å². The van der Waals surface area contributed by atoms with E-state index in [1.165, 1.54) is 0 Å². The maximum absolute atomic E-state index is 9.67. The third-order valence-electron chi connectivity index (χ3n) is 1.82. The van der Waals surface area contributed by atoms with E-state index in [1.807, 2.05) is 6.07 Å². The van der Waals surface area contributed by atoms with Gasteiger partial charge in [0.05, 0.1) is 0 Å². The first-order valence-electron chi connectivity index (χ1n) is 4.47. The third-order valence-corrected chi connectivity index (χ3v) is 1.82. The minimum absolute atomic E-state index is 0.365. The Labute approximate surface area is 78.9 Å². The van der Waals surface area contributed by atoms with Crippen molar-refractivity contribution in [2.75, 3.05) is 0 Å². The van der Waals surface area contributed by atoms with Gasteiger partial charge in [-0.2, -0.15) is 0 Å². The van der Waals surface area contributed by atoms with E-state index in [2.05, 4.69) is 23.8 Å². The lowest BCUT2D eigenvalue weighted by Crippen LogP contribution is -2.20. The summed E-state index contributed by atoms with van der Waals surface area (Å²) in [6, 6.07) is 1.87. The Kier molecular flexibility index (Phi) is 2.66. The van der Waals surface area contributed by atoms with Gasteiger partial charge in [0, 0.05) is 11.9 Å². The molecule has 0 spiro atoms. The van der Waals surface area contributed by atoms with Crippen molar-refractivity contribution in [3.8, 4) is 0 Å². The molecule has 72 valence electrons. The second-order valence-corrected chi connectivity index (χ2v) is 4.02. The summed E-state index contributed by atoms with van der Waals surface area (Å²) in [6.45, 7) is 7.51. The Morgan fingerprint density at radius 2 is 2.00 bits per heavy atom. The third kappa shape index (κ3) is 2.49. The molecule has 1 aromatic rings. The van der Waals surface area contributed by atoms with E-state index in [0.29, 0.717) is 11.7 Å². The van der Waals surface area contributed by atoms with E-state index in [1.54, 1.807) is 20.0 Å². The van der Waals surface area contributed by atoms with Crippen LogP contribution in [0.4, 0.5) is 0 Å². The highest BCUT2D eigenvalue weighted by Crippen LogP contribution is 2.17. The Hall–Kier alpha value is -0.960. The van der Waals surface area contributed by atoms with Crippen LogP contribution in [0.5, 0.6) is 0 Å². The summed E-state index contributed by atoms with van der Waals surface area (Å²) < 4.78 is 0. The van der Waals surface area contributed by atoms with Crippen molar-refractivity contribution < 1.29 is 5.11 Å². The van der Waals surface area contributed by atoms with Gasteiger partial charge < -0.3 is 5.11 Å². The van der Waals surface area contributed by atoms with Crippen LogP contribution >= 0.6 is 0 Å². The molecular weight excluding hydrogens is 164 g/mol. The lowest BCUT2D eigenvalue weighted by Gasteiger charge is -2.16. The molecule has 0 radical (unpaired) electrons. The van der Waals surface area contributed by atoms with Crippen LogP contribution in [0, 0.1) is 0 Å². The Bertz CT molecular complexity index is 289. The van der Waals surface area contributed by atoms with Crippen molar-refractivity contribution in [2.45, 2.75) is 39.2 Å². The van der Waals surface area contributed by atoms with E-state index in [-0.39, 0.29) is 0 Å². The molecule has 0 atom stereocenters. The molecule has 0 aliphatic rings. The number of rotatable bonds is 2. The van der Waals surface area contributed by atoms with Gasteiger partial charge in [0.25, 0.3) is 0 Å². The highest BCUT2D eigenvalue weighted by atomic mass is 16.3. The maximum Gasteiger partial charge on any atom is 0.159 e. The molecule has 0 amide bonds. The summed E-state index contributed by atoms with van der Waals surface area (Å²) in [5, 5.41) is 9.67. The zero-order valence-electron chi connectivity index (χ0n) is 8.57. The standard InChI is InChI=1S/C10H16N2O/c1-7(2)8-5-6-11-9(12-8)10(3,4)13/h5-7,13H,1-4H3. The summed E-state index contributed by atoms with van der Waals surface area (Å²) in [4.78, 5) is 8.31. The Morgan fingerprint density at radius 3 is 2.46 bits per heavy atom. The molecule has 0 saturated carbocycles. The molecular formula is C10H16N2O. The van der Waals surface area contributed by atoms with Crippen LogP contribution in [0.1, 0.15) is 45.1 Å². The summed E-state index contributed by atoms with van der Waals surface area (Å²) in [5.74, 6) is 0.850. The van der Waals surface area contributed by atoms with Gasteiger partial charge in [0.2, 0.25) is 0 Å². The van der Waals surface area contributed by atoms with Crippen LogP contribution in [0.2, 0.25) is 0 Å². The maximum atomic E-state index is 9.67. The first kappa shape index (κ1) is 10.1. The molecule has 0 bridgehead atoms. The molecule has 13 heavy (non-hydrogen) atoms. The van der Waals surface area contributed by atoms with Crippen molar-refractivity contribution in [3.05, 3.63) is 23.8 Å². The van der Waals surface area contributed by atoms with Crippen LogP contribution in [-0.4, -0.2) is 15.1 Å². The first-order chi connectivity index (χ1) is 5.91. The predicted molar refractivity (Wildman–Crippen MR) is 51.4 cm³/mol. The monoisotopic (exact) mass is 180 g/mol. The van der Waals surface area contributed by atoms with Gasteiger partial charge in [-0.05, 0) is 25.8 Å². The van der Waals surface area contributed by atoms with Crippen molar-refractivity contribution in [1.29, 1.82) is 0 Å². The molecule has 0 aliphatic heterocycles. The first-order valence-corrected chi connectivity index (χ1v) is 4.47. The molecule has 0 fully saturated rings. The average molecular weight is 180 g/mol. The number of nitrogens with zero attached hydrogens (tertiary/aromatic N) is 2. The van der Waals surface area contributed by atoms with Crippen molar-refractivity contribution in [2.24, 2.45) is 0 Å². The van der Waals surface area contributed by atoms with Gasteiger partial charge in [0.15, 0.2) is 5.82 Å². The molecule has 1 N–H and O–H groups in total. The van der Waals surface area contributed by atoms with Crippen LogP contribution in [0.25, 0.3) is 0 Å². The van der Waals surface area contributed by atoms with Crippen molar-refractivity contribution >= 4 is 0 Å². The van der Waals surface area contributed by atoms with Crippen molar-refractivity contribution in [1.82, 2.24) is 9.97 Å². The SMILES string of the molecule is CC(C)c1ccnc(C(C)(C)O)n1. The van der Waals surface area contributed by atoms with E-state index in [4.69, 9.17) is 0 Å². The minimum Gasteiger partial charge on any atom is -0.382 e. The number of aliphatic hydroxyl groups is 1. The zero-order chi connectivity index (χ0) is 10.1. The quantitative estimate of drug-likeness (QED) is 0.755. The molecule has 0 aliphatic carbocycles. The molecule has 0 saturated heterocycles. The fourth-order valence-electron chi connectivity index (χ4n) is 0.989. The molecule has 3 nitrogen and oxygen atoms in total. The largest absolute Gasteiger partial charge is 0.382 e. The van der Waals surface area contributed by atoms with Crippen LogP contribution in [0.3, 0.4) is 0 Å². The molecule has 1 rings (SSSR count). The molecule has 0 unspecified atom stereocenters. The van der Waals surface area contributed by atoms with E-state index in [0.717, 1.165) is 5.69 Å². The lowest BCUT2D eigenvalue weighted by atomic mass is 10.1.